The number of rotatable bonds is 0. The fourth-order valence-electron chi connectivity index (χ4n) is 2.94. The Labute approximate surface area is 83.2 Å². The van der Waals surface area contributed by atoms with Crippen LogP contribution < -0.4 is 0 Å². The fourth-order valence-corrected chi connectivity index (χ4v) is 2.94. The van der Waals surface area contributed by atoms with Gasteiger partial charge in [0.2, 0.25) is 0 Å². The molecule has 2 heterocycles. The highest BCUT2D eigenvalue weighted by Crippen LogP contribution is 2.38. The first kappa shape index (κ1) is 8.53. The molecule has 4 nitrogen and oxygen atoms in total. The first-order valence-electron chi connectivity index (χ1n) is 5.41. The van der Waals surface area contributed by atoms with E-state index in [2.05, 4.69) is 0 Å². The van der Waals surface area contributed by atoms with Crippen molar-refractivity contribution < 1.29 is 14.3 Å². The molecule has 0 bridgehead atoms. The van der Waals surface area contributed by atoms with Crippen LogP contribution in [0.2, 0.25) is 0 Å². The molecule has 0 spiro atoms. The monoisotopic (exact) mass is 197 g/mol. The molecule has 0 aromatic heterocycles. The Bertz CT molecular complexity index is 256. The van der Waals surface area contributed by atoms with E-state index in [1.54, 1.807) is 0 Å². The Balaban J connectivity index is 1.85. The molecule has 3 atom stereocenters. The minimum absolute atomic E-state index is 0.124. The fraction of sp³-hybridized carbons (Fsp3) is 0.900. The molecule has 3 rings (SSSR count). The molecular weight excluding hydrogens is 182 g/mol. The number of morpholine rings is 1. The summed E-state index contributed by atoms with van der Waals surface area (Å²) >= 11 is 0. The lowest BCUT2D eigenvalue weighted by atomic mass is 9.93. The van der Waals surface area contributed by atoms with Gasteiger partial charge < -0.3 is 14.4 Å². The first-order chi connectivity index (χ1) is 6.86. The predicted octanol–water partition coefficient (Wildman–Crippen LogP) is 1.01. The normalized spacial score (nSPS) is 41.6. The molecule has 1 saturated carbocycles. The van der Waals surface area contributed by atoms with E-state index in [-0.39, 0.29) is 18.2 Å². The number of hydrogen-bond donors (Lipinski definition) is 0. The van der Waals surface area contributed by atoms with Crippen LogP contribution in [-0.2, 0) is 9.47 Å². The van der Waals surface area contributed by atoms with Gasteiger partial charge in [0.1, 0.15) is 6.10 Å². The van der Waals surface area contributed by atoms with Crippen LogP contribution in [-0.4, -0.2) is 42.9 Å². The van der Waals surface area contributed by atoms with Gasteiger partial charge in [-0.15, -0.1) is 0 Å². The number of ether oxygens (including phenoxy) is 2. The standard InChI is InChI=1S/C10H15NO3/c12-10-11-4-5-13-6-8(11)7-2-1-3-9(7)14-10/h7-9H,1-6H2/t7-,8-,9-/m1/s1. The summed E-state index contributed by atoms with van der Waals surface area (Å²) in [6.45, 7) is 2.06. The summed E-state index contributed by atoms with van der Waals surface area (Å²) in [4.78, 5) is 13.5. The maximum atomic E-state index is 11.6. The molecule has 0 N–H and O–H groups in total. The van der Waals surface area contributed by atoms with E-state index in [1.807, 2.05) is 4.90 Å². The maximum absolute atomic E-state index is 11.6. The minimum atomic E-state index is -0.124. The van der Waals surface area contributed by atoms with Gasteiger partial charge in [-0.1, -0.05) is 0 Å². The zero-order chi connectivity index (χ0) is 9.54. The minimum Gasteiger partial charge on any atom is -0.446 e. The molecular formula is C10H15NO3. The Morgan fingerprint density at radius 1 is 1.36 bits per heavy atom. The highest BCUT2D eigenvalue weighted by Gasteiger charge is 2.46. The van der Waals surface area contributed by atoms with Gasteiger partial charge in [-0.3, -0.25) is 0 Å². The van der Waals surface area contributed by atoms with Crippen molar-refractivity contribution in [3.8, 4) is 0 Å². The van der Waals surface area contributed by atoms with E-state index in [1.165, 1.54) is 12.8 Å². The summed E-state index contributed by atoms with van der Waals surface area (Å²) in [6.07, 6.45) is 3.46. The molecule has 4 heteroatoms. The highest BCUT2D eigenvalue weighted by atomic mass is 16.6. The topological polar surface area (TPSA) is 38.8 Å². The summed E-state index contributed by atoms with van der Waals surface area (Å²) in [6, 6.07) is 0.289. The molecule has 1 aliphatic carbocycles. The summed E-state index contributed by atoms with van der Waals surface area (Å²) in [5, 5.41) is 0. The van der Waals surface area contributed by atoms with E-state index in [0.717, 1.165) is 6.42 Å². The van der Waals surface area contributed by atoms with E-state index >= 15 is 0 Å². The third kappa shape index (κ3) is 1.13. The van der Waals surface area contributed by atoms with Crippen LogP contribution >= 0.6 is 0 Å². The van der Waals surface area contributed by atoms with Gasteiger partial charge in [-0.25, -0.2) is 4.79 Å². The number of amides is 1. The average Bonchev–Trinajstić information content (AvgIpc) is 2.66. The van der Waals surface area contributed by atoms with Crippen LogP contribution in [0, 0.1) is 5.92 Å². The Kier molecular flexibility index (Phi) is 1.90. The first-order valence-corrected chi connectivity index (χ1v) is 5.41. The number of carbonyl (C=O) groups excluding carboxylic acids is 1. The number of nitrogens with zero attached hydrogens (tertiary/aromatic N) is 1. The molecule has 78 valence electrons. The zero-order valence-electron chi connectivity index (χ0n) is 8.15. The molecule has 0 unspecified atom stereocenters. The Hall–Kier alpha value is -0.770. The molecule has 0 radical (unpaired) electrons. The van der Waals surface area contributed by atoms with Gasteiger partial charge in [0, 0.05) is 12.5 Å². The molecule has 0 aromatic carbocycles. The largest absolute Gasteiger partial charge is 0.446 e. The Morgan fingerprint density at radius 2 is 2.29 bits per heavy atom. The van der Waals surface area contributed by atoms with Gasteiger partial charge in [-0.05, 0) is 19.3 Å². The van der Waals surface area contributed by atoms with Crippen molar-refractivity contribution in [1.82, 2.24) is 4.90 Å². The van der Waals surface area contributed by atoms with Gasteiger partial charge >= 0.3 is 6.09 Å². The van der Waals surface area contributed by atoms with Crippen molar-refractivity contribution in [2.24, 2.45) is 5.92 Å². The molecule has 3 fully saturated rings. The van der Waals surface area contributed by atoms with Crippen molar-refractivity contribution in [2.45, 2.75) is 31.4 Å². The van der Waals surface area contributed by atoms with Crippen LogP contribution in [0.1, 0.15) is 19.3 Å². The van der Waals surface area contributed by atoms with Crippen LogP contribution in [0.4, 0.5) is 4.79 Å². The van der Waals surface area contributed by atoms with Crippen molar-refractivity contribution in [1.29, 1.82) is 0 Å². The van der Waals surface area contributed by atoms with E-state index in [0.29, 0.717) is 25.7 Å². The summed E-state index contributed by atoms with van der Waals surface area (Å²) in [5.74, 6) is 0.521. The molecule has 3 aliphatic rings. The van der Waals surface area contributed by atoms with Gasteiger partial charge in [-0.2, -0.15) is 0 Å². The van der Waals surface area contributed by atoms with Gasteiger partial charge in [0.15, 0.2) is 0 Å². The lowest BCUT2D eigenvalue weighted by Gasteiger charge is -2.44. The zero-order valence-corrected chi connectivity index (χ0v) is 8.15. The van der Waals surface area contributed by atoms with Crippen LogP contribution in [0.25, 0.3) is 0 Å². The lowest BCUT2D eigenvalue weighted by Crippen LogP contribution is -2.58. The second-order valence-electron chi connectivity index (χ2n) is 4.35. The Morgan fingerprint density at radius 3 is 3.21 bits per heavy atom. The number of fused-ring (bicyclic) bond motifs is 3. The van der Waals surface area contributed by atoms with Crippen molar-refractivity contribution in [3.63, 3.8) is 0 Å². The highest BCUT2D eigenvalue weighted by molar-refractivity contribution is 5.69. The number of hydrogen-bond acceptors (Lipinski definition) is 3. The smallest absolute Gasteiger partial charge is 0.410 e. The summed E-state index contributed by atoms with van der Waals surface area (Å²) < 4.78 is 10.9. The molecule has 1 amide bonds. The summed E-state index contributed by atoms with van der Waals surface area (Å²) in [5.41, 5.74) is 0. The average molecular weight is 197 g/mol. The van der Waals surface area contributed by atoms with E-state index in [9.17, 15) is 4.79 Å². The second-order valence-corrected chi connectivity index (χ2v) is 4.35. The second kappa shape index (κ2) is 3.12. The van der Waals surface area contributed by atoms with Crippen LogP contribution in [0.15, 0.2) is 0 Å². The van der Waals surface area contributed by atoms with Crippen LogP contribution in [0.3, 0.4) is 0 Å². The van der Waals surface area contributed by atoms with Gasteiger partial charge in [0.05, 0.1) is 19.3 Å². The van der Waals surface area contributed by atoms with E-state index in [4.69, 9.17) is 9.47 Å². The summed E-state index contributed by atoms with van der Waals surface area (Å²) in [7, 11) is 0. The van der Waals surface area contributed by atoms with Crippen molar-refractivity contribution in [3.05, 3.63) is 0 Å². The van der Waals surface area contributed by atoms with Crippen LogP contribution in [0.5, 0.6) is 0 Å². The molecule has 0 aromatic rings. The predicted molar refractivity (Wildman–Crippen MR) is 48.9 cm³/mol. The maximum Gasteiger partial charge on any atom is 0.410 e. The lowest BCUT2D eigenvalue weighted by molar-refractivity contribution is -0.0877. The van der Waals surface area contributed by atoms with E-state index < -0.39 is 0 Å². The number of carbonyl (C=O) groups is 1. The van der Waals surface area contributed by atoms with Crippen molar-refractivity contribution >= 4 is 6.09 Å². The van der Waals surface area contributed by atoms with Gasteiger partial charge in [0.25, 0.3) is 0 Å². The third-order valence-corrected chi connectivity index (χ3v) is 3.65. The molecule has 2 saturated heterocycles. The SMILES string of the molecule is O=C1O[C@@H]2CCC[C@@H]2[C@H]2COCCN12. The van der Waals surface area contributed by atoms with Crippen molar-refractivity contribution in [2.75, 3.05) is 19.8 Å². The quantitative estimate of drug-likeness (QED) is 0.581. The molecule has 14 heavy (non-hydrogen) atoms. The third-order valence-electron chi connectivity index (χ3n) is 3.65. The molecule has 2 aliphatic heterocycles.